The highest BCUT2D eigenvalue weighted by Gasteiger charge is 2.26. The molecule has 5 heteroatoms. The molecule has 0 saturated heterocycles. The molecule has 1 amide bonds. The highest BCUT2D eigenvalue weighted by molar-refractivity contribution is 5.93. The maximum absolute atomic E-state index is 11.8. The van der Waals surface area contributed by atoms with E-state index in [4.69, 9.17) is 4.42 Å². The number of carbonyl (C=O) groups is 1. The van der Waals surface area contributed by atoms with Crippen molar-refractivity contribution in [2.45, 2.75) is 52.1 Å². The summed E-state index contributed by atoms with van der Waals surface area (Å²) in [5.74, 6) is 0.189. The van der Waals surface area contributed by atoms with Crippen LogP contribution in [0.2, 0.25) is 0 Å². The summed E-state index contributed by atoms with van der Waals surface area (Å²) in [6.07, 6.45) is 4.37. The van der Waals surface area contributed by atoms with Gasteiger partial charge in [0.25, 0.3) is 5.91 Å². The number of aromatic nitrogens is 1. The van der Waals surface area contributed by atoms with Crippen molar-refractivity contribution >= 4 is 5.91 Å². The second kappa shape index (κ2) is 6.54. The Balaban J connectivity index is 2.57. The summed E-state index contributed by atoms with van der Waals surface area (Å²) < 4.78 is 4.98. The van der Waals surface area contributed by atoms with E-state index in [1.165, 1.54) is 6.39 Å². The topological polar surface area (TPSA) is 75.4 Å². The van der Waals surface area contributed by atoms with E-state index in [2.05, 4.69) is 10.3 Å². The fraction of sp³-hybridized carbons (Fsp3) is 0.692. The van der Waals surface area contributed by atoms with Gasteiger partial charge in [0, 0.05) is 6.54 Å². The third-order valence-electron chi connectivity index (χ3n) is 2.97. The van der Waals surface area contributed by atoms with Gasteiger partial charge in [0.05, 0.1) is 5.60 Å². The fourth-order valence-corrected chi connectivity index (χ4v) is 2.08. The Kier molecular flexibility index (Phi) is 5.34. The minimum atomic E-state index is -0.823. The first-order valence-electron chi connectivity index (χ1n) is 6.43. The lowest BCUT2D eigenvalue weighted by Crippen LogP contribution is -2.43. The van der Waals surface area contributed by atoms with Crippen LogP contribution in [0.4, 0.5) is 0 Å². The van der Waals surface area contributed by atoms with Crippen molar-refractivity contribution in [2.75, 3.05) is 6.54 Å². The zero-order chi connectivity index (χ0) is 13.6. The average molecular weight is 254 g/mol. The number of aryl methyl sites for hydroxylation is 1. The third kappa shape index (κ3) is 3.84. The summed E-state index contributed by atoms with van der Waals surface area (Å²) in [6.45, 7) is 5.97. The van der Waals surface area contributed by atoms with Gasteiger partial charge in [-0.3, -0.25) is 4.79 Å². The molecule has 0 unspecified atom stereocenters. The van der Waals surface area contributed by atoms with Gasteiger partial charge in [0.2, 0.25) is 0 Å². The average Bonchev–Trinajstić information content (AvgIpc) is 2.73. The Morgan fingerprint density at radius 1 is 1.44 bits per heavy atom. The van der Waals surface area contributed by atoms with Crippen molar-refractivity contribution in [2.24, 2.45) is 0 Å². The van der Waals surface area contributed by atoms with Gasteiger partial charge in [-0.05, 0) is 19.8 Å². The lowest BCUT2D eigenvalue weighted by Gasteiger charge is -2.27. The summed E-state index contributed by atoms with van der Waals surface area (Å²) in [4.78, 5) is 15.7. The van der Waals surface area contributed by atoms with Crippen LogP contribution in [-0.4, -0.2) is 28.1 Å². The van der Waals surface area contributed by atoms with Crippen molar-refractivity contribution in [1.29, 1.82) is 0 Å². The van der Waals surface area contributed by atoms with Crippen LogP contribution < -0.4 is 5.32 Å². The zero-order valence-corrected chi connectivity index (χ0v) is 11.3. The lowest BCUT2D eigenvalue weighted by atomic mass is 9.92. The number of aliphatic hydroxyl groups is 1. The minimum absolute atomic E-state index is 0.250. The highest BCUT2D eigenvalue weighted by Crippen LogP contribution is 2.18. The maximum atomic E-state index is 11.8. The van der Waals surface area contributed by atoms with E-state index in [9.17, 15) is 9.90 Å². The number of nitrogens with one attached hydrogen (secondary N) is 1. The molecule has 1 aromatic heterocycles. The SMILES string of the molecule is CCCC(O)(CCC)CNC(=O)c1ncoc1C. The van der Waals surface area contributed by atoms with Crippen LogP contribution in [-0.2, 0) is 0 Å². The fourth-order valence-electron chi connectivity index (χ4n) is 2.08. The number of amides is 1. The van der Waals surface area contributed by atoms with Crippen molar-refractivity contribution < 1.29 is 14.3 Å². The molecule has 0 fully saturated rings. The quantitative estimate of drug-likeness (QED) is 0.780. The van der Waals surface area contributed by atoms with Gasteiger partial charge in [0.15, 0.2) is 12.1 Å². The van der Waals surface area contributed by atoms with E-state index in [0.717, 1.165) is 12.8 Å². The van der Waals surface area contributed by atoms with Gasteiger partial charge in [-0.15, -0.1) is 0 Å². The Bertz CT molecular complexity index is 381. The maximum Gasteiger partial charge on any atom is 0.273 e. The van der Waals surface area contributed by atoms with Crippen molar-refractivity contribution in [3.8, 4) is 0 Å². The summed E-state index contributed by atoms with van der Waals surface area (Å²) in [6, 6.07) is 0. The Labute approximate surface area is 108 Å². The molecule has 1 aromatic rings. The second-order valence-corrected chi connectivity index (χ2v) is 4.66. The second-order valence-electron chi connectivity index (χ2n) is 4.66. The first-order valence-corrected chi connectivity index (χ1v) is 6.43. The molecule has 5 nitrogen and oxygen atoms in total. The molecule has 0 aromatic carbocycles. The van der Waals surface area contributed by atoms with Crippen molar-refractivity contribution in [3.63, 3.8) is 0 Å². The summed E-state index contributed by atoms with van der Waals surface area (Å²) >= 11 is 0. The summed E-state index contributed by atoms with van der Waals surface area (Å²) in [7, 11) is 0. The molecule has 0 bridgehead atoms. The number of hydrogen-bond acceptors (Lipinski definition) is 4. The number of carbonyl (C=O) groups excluding carboxylic acids is 1. The van der Waals surface area contributed by atoms with Gasteiger partial charge in [-0.2, -0.15) is 0 Å². The van der Waals surface area contributed by atoms with Crippen LogP contribution >= 0.6 is 0 Å². The van der Waals surface area contributed by atoms with Gasteiger partial charge in [-0.1, -0.05) is 26.7 Å². The first-order chi connectivity index (χ1) is 8.52. The summed E-state index contributed by atoms with van der Waals surface area (Å²) in [5.41, 5.74) is -0.540. The smallest absolute Gasteiger partial charge is 0.273 e. The van der Waals surface area contributed by atoms with Crippen LogP contribution in [0.5, 0.6) is 0 Å². The molecule has 1 heterocycles. The Hall–Kier alpha value is -1.36. The molecule has 0 saturated carbocycles. The number of nitrogens with zero attached hydrogens (tertiary/aromatic N) is 1. The Morgan fingerprint density at radius 3 is 2.50 bits per heavy atom. The standard InChI is InChI=1S/C13H22N2O3/c1-4-6-13(17,7-5-2)8-14-12(16)11-10(3)18-9-15-11/h9,17H,4-8H2,1-3H3,(H,14,16). The summed E-state index contributed by atoms with van der Waals surface area (Å²) in [5, 5.41) is 13.1. The first kappa shape index (κ1) is 14.7. The van der Waals surface area contributed by atoms with Crippen molar-refractivity contribution in [1.82, 2.24) is 10.3 Å². The molecule has 0 atom stereocenters. The van der Waals surface area contributed by atoms with Gasteiger partial charge < -0.3 is 14.8 Å². The Morgan fingerprint density at radius 2 is 2.06 bits per heavy atom. The monoisotopic (exact) mass is 254 g/mol. The molecular formula is C13H22N2O3. The number of oxazole rings is 1. The van der Waals surface area contributed by atoms with E-state index < -0.39 is 5.60 Å². The van der Waals surface area contributed by atoms with Crippen molar-refractivity contribution in [3.05, 3.63) is 17.8 Å². The number of hydrogen-bond donors (Lipinski definition) is 2. The van der Waals surface area contributed by atoms with E-state index in [-0.39, 0.29) is 18.1 Å². The molecule has 0 aliphatic carbocycles. The molecule has 0 aliphatic heterocycles. The van der Waals surface area contributed by atoms with Gasteiger partial charge in [-0.25, -0.2) is 4.98 Å². The van der Waals surface area contributed by atoms with E-state index >= 15 is 0 Å². The predicted molar refractivity (Wildman–Crippen MR) is 68.3 cm³/mol. The van der Waals surface area contributed by atoms with E-state index in [1.54, 1.807) is 6.92 Å². The third-order valence-corrected chi connectivity index (χ3v) is 2.97. The number of rotatable bonds is 7. The zero-order valence-electron chi connectivity index (χ0n) is 11.3. The molecule has 102 valence electrons. The van der Waals surface area contributed by atoms with Crippen LogP contribution in [0.3, 0.4) is 0 Å². The largest absolute Gasteiger partial charge is 0.448 e. The van der Waals surface area contributed by atoms with Crippen LogP contribution in [0.25, 0.3) is 0 Å². The molecule has 0 aliphatic rings. The molecule has 0 spiro atoms. The van der Waals surface area contributed by atoms with Crippen LogP contribution in [0.1, 0.15) is 55.8 Å². The molecule has 18 heavy (non-hydrogen) atoms. The van der Waals surface area contributed by atoms with Crippen LogP contribution in [0, 0.1) is 6.92 Å². The molecule has 1 rings (SSSR count). The van der Waals surface area contributed by atoms with Gasteiger partial charge >= 0.3 is 0 Å². The molecular weight excluding hydrogens is 232 g/mol. The van der Waals surface area contributed by atoms with Gasteiger partial charge in [0.1, 0.15) is 5.76 Å². The molecule has 0 radical (unpaired) electrons. The highest BCUT2D eigenvalue weighted by atomic mass is 16.3. The predicted octanol–water partition coefficient (Wildman–Crippen LogP) is 2.04. The lowest BCUT2D eigenvalue weighted by molar-refractivity contribution is 0.0212. The normalized spacial score (nSPS) is 11.6. The minimum Gasteiger partial charge on any atom is -0.448 e. The molecule has 2 N–H and O–H groups in total. The van der Waals surface area contributed by atoms with E-state index in [1.807, 2.05) is 13.8 Å². The van der Waals surface area contributed by atoms with E-state index in [0.29, 0.717) is 18.6 Å². The van der Waals surface area contributed by atoms with Crippen LogP contribution in [0.15, 0.2) is 10.8 Å².